The Morgan fingerprint density at radius 2 is 1.54 bits per heavy atom. The lowest BCUT2D eigenvalue weighted by Crippen LogP contribution is -2.45. The topological polar surface area (TPSA) is 71.3 Å². The Bertz CT molecular complexity index is 1260. The van der Waals surface area contributed by atoms with Crippen molar-refractivity contribution in [2.24, 2.45) is 5.92 Å². The van der Waals surface area contributed by atoms with E-state index >= 15 is 0 Å². The van der Waals surface area contributed by atoms with Gasteiger partial charge in [0.05, 0.1) is 6.26 Å². The number of aryl methyl sites for hydroxylation is 1. The normalized spacial score (nSPS) is 26.3. The van der Waals surface area contributed by atoms with E-state index in [0.29, 0.717) is 57.3 Å². The van der Waals surface area contributed by atoms with E-state index in [2.05, 4.69) is 15.1 Å². The van der Waals surface area contributed by atoms with Crippen molar-refractivity contribution in [3.63, 3.8) is 0 Å². The molecule has 13 heteroatoms. The Kier molecular flexibility index (Phi) is 7.79. The van der Waals surface area contributed by atoms with Crippen LogP contribution in [-0.2, 0) is 16.2 Å². The number of nitrogens with zero attached hydrogens (tertiary/aromatic N) is 5. The molecule has 4 heterocycles. The number of piperidine rings is 2. The first-order valence-corrected chi connectivity index (χ1v) is 15.3. The number of hydrogen-bond donors (Lipinski definition) is 0. The standard InChI is InChI=1S/C26H34F5N5O2S/c1-16-32-33-25(26(29,30)31)36(16)23-14-21-3-4-22(15-23)35(21)10-7-24(18-11-19(27)13-20(28)12-18)17-5-8-34(9-6-17)39(2,37)38/h11-13,17,21-24H,3-10,14-15H2,1-2H3. The average Bonchev–Trinajstić information content (AvgIpc) is 3.34. The lowest BCUT2D eigenvalue weighted by atomic mass is 9.78. The number of sulfonamides is 1. The van der Waals surface area contributed by atoms with Crippen LogP contribution in [0.3, 0.4) is 0 Å². The molecule has 0 spiro atoms. The van der Waals surface area contributed by atoms with Gasteiger partial charge in [-0.25, -0.2) is 21.5 Å². The zero-order valence-electron chi connectivity index (χ0n) is 22.0. The molecular weight excluding hydrogens is 541 g/mol. The van der Waals surface area contributed by atoms with Gasteiger partial charge in [0.15, 0.2) is 0 Å². The molecular formula is C26H34F5N5O2S. The monoisotopic (exact) mass is 575 g/mol. The number of rotatable bonds is 7. The molecule has 3 unspecified atom stereocenters. The summed E-state index contributed by atoms with van der Waals surface area (Å²) in [6.07, 6.45) is 1.32. The first-order chi connectivity index (χ1) is 18.3. The van der Waals surface area contributed by atoms with E-state index in [0.717, 1.165) is 18.9 Å². The minimum atomic E-state index is -4.57. The lowest BCUT2D eigenvalue weighted by molar-refractivity contribution is -0.148. The van der Waals surface area contributed by atoms with Crippen molar-refractivity contribution in [2.75, 3.05) is 25.9 Å². The van der Waals surface area contributed by atoms with E-state index in [9.17, 15) is 30.4 Å². The van der Waals surface area contributed by atoms with Crippen LogP contribution in [0.1, 0.15) is 74.1 Å². The van der Waals surface area contributed by atoms with Crippen LogP contribution in [0.25, 0.3) is 0 Å². The van der Waals surface area contributed by atoms with E-state index in [-0.39, 0.29) is 35.8 Å². The van der Waals surface area contributed by atoms with Gasteiger partial charge in [-0.15, -0.1) is 10.2 Å². The van der Waals surface area contributed by atoms with Crippen molar-refractivity contribution >= 4 is 10.0 Å². The van der Waals surface area contributed by atoms with Crippen molar-refractivity contribution in [1.29, 1.82) is 0 Å². The molecule has 0 amide bonds. The predicted octanol–water partition coefficient (Wildman–Crippen LogP) is 4.90. The second kappa shape index (κ2) is 10.7. The highest BCUT2D eigenvalue weighted by Crippen LogP contribution is 2.44. The second-order valence-corrected chi connectivity index (χ2v) is 13.3. The van der Waals surface area contributed by atoms with Crippen LogP contribution >= 0.6 is 0 Å². The summed E-state index contributed by atoms with van der Waals surface area (Å²) in [7, 11) is -3.30. The van der Waals surface area contributed by atoms with E-state index in [1.54, 1.807) is 6.92 Å². The number of halogens is 5. The quantitative estimate of drug-likeness (QED) is 0.440. The lowest BCUT2D eigenvalue weighted by Gasteiger charge is -2.41. The highest BCUT2D eigenvalue weighted by molar-refractivity contribution is 7.88. The Morgan fingerprint density at radius 3 is 2.08 bits per heavy atom. The summed E-state index contributed by atoms with van der Waals surface area (Å²) >= 11 is 0. The molecule has 2 bridgehead atoms. The first kappa shape index (κ1) is 28.4. The van der Waals surface area contributed by atoms with Crippen LogP contribution in [0.15, 0.2) is 18.2 Å². The molecule has 0 aliphatic carbocycles. The van der Waals surface area contributed by atoms with Crippen molar-refractivity contribution in [3.05, 3.63) is 47.0 Å². The van der Waals surface area contributed by atoms with Gasteiger partial charge in [-0.1, -0.05) is 0 Å². The molecule has 5 rings (SSSR count). The van der Waals surface area contributed by atoms with Gasteiger partial charge in [0, 0.05) is 37.3 Å². The fourth-order valence-electron chi connectivity index (χ4n) is 7.18. The third-order valence-corrected chi connectivity index (χ3v) is 10.2. The smallest absolute Gasteiger partial charge is 0.304 e. The molecule has 0 saturated carbocycles. The summed E-state index contributed by atoms with van der Waals surface area (Å²) < 4.78 is 95.8. The maximum Gasteiger partial charge on any atom is 0.451 e. The molecule has 3 aliphatic heterocycles. The number of hydrogen-bond acceptors (Lipinski definition) is 5. The molecule has 7 nitrogen and oxygen atoms in total. The summed E-state index contributed by atoms with van der Waals surface area (Å²) in [4.78, 5) is 2.36. The maximum atomic E-state index is 14.2. The molecule has 3 aliphatic rings. The summed E-state index contributed by atoms with van der Waals surface area (Å²) in [5.41, 5.74) is 0.572. The van der Waals surface area contributed by atoms with Gasteiger partial charge < -0.3 is 4.57 Å². The van der Waals surface area contributed by atoms with Gasteiger partial charge in [0.25, 0.3) is 0 Å². The van der Waals surface area contributed by atoms with Crippen LogP contribution in [0.5, 0.6) is 0 Å². The molecule has 0 radical (unpaired) electrons. The van der Waals surface area contributed by atoms with Crippen LogP contribution in [-0.4, -0.2) is 70.4 Å². The third kappa shape index (κ3) is 6.00. The molecule has 216 valence electrons. The number of alkyl halides is 3. The van der Waals surface area contributed by atoms with Crippen molar-refractivity contribution in [1.82, 2.24) is 24.0 Å². The minimum absolute atomic E-state index is 0.0633. The van der Waals surface area contributed by atoms with E-state index in [1.807, 2.05) is 0 Å². The molecule has 1 aromatic carbocycles. The second-order valence-electron chi connectivity index (χ2n) is 11.3. The maximum absolute atomic E-state index is 14.2. The van der Waals surface area contributed by atoms with E-state index < -0.39 is 33.7 Å². The Balaban J connectivity index is 1.31. The van der Waals surface area contributed by atoms with Crippen LogP contribution in [0.2, 0.25) is 0 Å². The highest BCUT2D eigenvalue weighted by Gasteiger charge is 2.46. The Labute approximate surface area is 225 Å². The third-order valence-electron chi connectivity index (χ3n) is 8.89. The van der Waals surface area contributed by atoms with Gasteiger partial charge in [-0.05, 0) is 87.9 Å². The van der Waals surface area contributed by atoms with Crippen molar-refractivity contribution in [2.45, 2.75) is 82.1 Å². The van der Waals surface area contributed by atoms with Crippen LogP contribution < -0.4 is 0 Å². The zero-order chi connectivity index (χ0) is 28.1. The van der Waals surface area contributed by atoms with Crippen molar-refractivity contribution < 1.29 is 30.4 Å². The van der Waals surface area contributed by atoms with Gasteiger partial charge in [0.1, 0.15) is 17.5 Å². The predicted molar refractivity (Wildman–Crippen MR) is 134 cm³/mol. The molecule has 0 N–H and O–H groups in total. The van der Waals surface area contributed by atoms with Gasteiger partial charge in [-0.2, -0.15) is 13.2 Å². The minimum Gasteiger partial charge on any atom is -0.304 e. The molecule has 1 aromatic heterocycles. The molecule has 39 heavy (non-hydrogen) atoms. The van der Waals surface area contributed by atoms with Gasteiger partial charge in [-0.3, -0.25) is 4.90 Å². The van der Waals surface area contributed by atoms with Gasteiger partial charge in [0.2, 0.25) is 15.8 Å². The SMILES string of the molecule is Cc1nnc(C(F)(F)F)n1C1CC2CCC(C1)N2CCC(c1cc(F)cc(F)c1)C1CCN(S(C)(=O)=O)CC1. The Hall–Kier alpha value is -2.12. The summed E-state index contributed by atoms with van der Waals surface area (Å²) in [5.74, 6) is -2.08. The average molecular weight is 576 g/mol. The van der Waals surface area contributed by atoms with Crippen LogP contribution in [0, 0.1) is 24.5 Å². The fourth-order valence-corrected chi connectivity index (χ4v) is 8.06. The summed E-state index contributed by atoms with van der Waals surface area (Å²) in [6.45, 7) is 2.95. The summed E-state index contributed by atoms with van der Waals surface area (Å²) in [6, 6.07) is 3.46. The molecule has 3 fully saturated rings. The zero-order valence-corrected chi connectivity index (χ0v) is 22.9. The summed E-state index contributed by atoms with van der Waals surface area (Å²) in [5, 5.41) is 7.11. The van der Waals surface area contributed by atoms with Gasteiger partial charge >= 0.3 is 6.18 Å². The highest BCUT2D eigenvalue weighted by atomic mass is 32.2. The van der Waals surface area contributed by atoms with E-state index in [1.165, 1.54) is 27.3 Å². The fraction of sp³-hybridized carbons (Fsp3) is 0.692. The molecule has 3 saturated heterocycles. The molecule has 3 atom stereocenters. The van der Waals surface area contributed by atoms with Crippen LogP contribution in [0.4, 0.5) is 22.0 Å². The number of benzene rings is 1. The molecule has 2 aromatic rings. The number of fused-ring (bicyclic) bond motifs is 2. The Morgan fingerprint density at radius 1 is 0.949 bits per heavy atom. The van der Waals surface area contributed by atoms with E-state index in [4.69, 9.17) is 0 Å². The first-order valence-electron chi connectivity index (χ1n) is 13.5. The largest absolute Gasteiger partial charge is 0.451 e. The number of aromatic nitrogens is 3. The van der Waals surface area contributed by atoms with Crippen molar-refractivity contribution in [3.8, 4) is 0 Å².